The third kappa shape index (κ3) is 3.40. The molecule has 1 unspecified atom stereocenters. The van der Waals surface area contributed by atoms with Crippen molar-refractivity contribution in [3.8, 4) is 5.75 Å². The average Bonchev–Trinajstić information content (AvgIpc) is 2.48. The summed E-state index contributed by atoms with van der Waals surface area (Å²) in [7, 11) is 2.95. The van der Waals surface area contributed by atoms with Gasteiger partial charge in [-0.2, -0.15) is 0 Å². The summed E-state index contributed by atoms with van der Waals surface area (Å²) in [5.74, 6) is 0.249. The quantitative estimate of drug-likeness (QED) is 0.672. The lowest BCUT2D eigenvalue weighted by Gasteiger charge is -2.24. The van der Waals surface area contributed by atoms with Gasteiger partial charge in [0.15, 0.2) is 6.29 Å². The largest absolute Gasteiger partial charge is 0.465 e. The van der Waals surface area contributed by atoms with Gasteiger partial charge in [-0.25, -0.2) is 5.06 Å². The maximum absolute atomic E-state index is 12.1. The molecule has 6 heteroatoms. The number of nitrogens with two attached hydrogens (primary N) is 1. The predicted octanol–water partition coefficient (Wildman–Crippen LogP) is 1.81. The molecule has 0 bridgehead atoms. The van der Waals surface area contributed by atoms with Crippen molar-refractivity contribution >= 4 is 11.6 Å². The Morgan fingerprint density at radius 1 is 1.45 bits per heavy atom. The van der Waals surface area contributed by atoms with E-state index in [4.69, 9.17) is 20.0 Å². The number of hydroxylamine groups is 2. The zero-order chi connectivity index (χ0) is 14.5. The highest BCUT2D eigenvalue weighted by molar-refractivity contribution is 5.98. The number of benzene rings is 1. The molecule has 1 fully saturated rings. The van der Waals surface area contributed by atoms with Crippen LogP contribution in [-0.4, -0.2) is 38.0 Å². The lowest BCUT2D eigenvalue weighted by molar-refractivity contribution is -0.106. The molecule has 0 aliphatic carbocycles. The molecule has 1 aromatic carbocycles. The van der Waals surface area contributed by atoms with E-state index in [1.165, 1.54) is 14.2 Å². The van der Waals surface area contributed by atoms with Gasteiger partial charge in [-0.15, -0.1) is 0 Å². The predicted molar refractivity (Wildman–Crippen MR) is 74.2 cm³/mol. The second-order valence-electron chi connectivity index (χ2n) is 4.65. The maximum Gasteiger partial charge on any atom is 0.279 e. The number of hydrogen-bond donors (Lipinski definition) is 1. The van der Waals surface area contributed by atoms with E-state index in [1.54, 1.807) is 18.2 Å². The molecule has 1 aromatic rings. The number of hydrogen-bond acceptors (Lipinski definition) is 5. The van der Waals surface area contributed by atoms with Crippen LogP contribution < -0.4 is 10.5 Å². The number of ether oxygens (including phenoxy) is 2. The average molecular weight is 280 g/mol. The van der Waals surface area contributed by atoms with E-state index in [0.717, 1.165) is 24.3 Å². The van der Waals surface area contributed by atoms with Crippen molar-refractivity contribution in [3.63, 3.8) is 0 Å². The Morgan fingerprint density at radius 3 is 2.90 bits per heavy atom. The number of carbonyl (C=O) groups excluding carboxylic acids is 1. The second kappa shape index (κ2) is 6.58. The zero-order valence-electron chi connectivity index (χ0n) is 11.8. The Kier molecular flexibility index (Phi) is 4.81. The van der Waals surface area contributed by atoms with Crippen LogP contribution in [-0.2, 0) is 9.57 Å². The SMILES string of the molecule is CON(C)C(=O)c1cc(OC2CCCCO2)ccc1N. The van der Waals surface area contributed by atoms with Crippen molar-refractivity contribution in [3.05, 3.63) is 23.8 Å². The molecule has 2 N–H and O–H groups in total. The molecule has 1 atom stereocenters. The van der Waals surface area contributed by atoms with E-state index in [1.807, 2.05) is 0 Å². The van der Waals surface area contributed by atoms with Crippen molar-refractivity contribution in [2.45, 2.75) is 25.6 Å². The fourth-order valence-corrected chi connectivity index (χ4v) is 2.00. The molecular weight excluding hydrogens is 260 g/mol. The summed E-state index contributed by atoms with van der Waals surface area (Å²) in [4.78, 5) is 16.9. The fraction of sp³-hybridized carbons (Fsp3) is 0.500. The number of rotatable bonds is 4. The van der Waals surface area contributed by atoms with Crippen molar-refractivity contribution in [1.82, 2.24) is 5.06 Å². The molecule has 1 heterocycles. The van der Waals surface area contributed by atoms with E-state index in [9.17, 15) is 4.79 Å². The highest BCUT2D eigenvalue weighted by Gasteiger charge is 2.19. The molecule has 0 radical (unpaired) electrons. The standard InChI is InChI=1S/C14H20N2O4/c1-16(18-2)14(17)11-9-10(6-7-12(11)15)20-13-5-3-4-8-19-13/h6-7,9,13H,3-5,8,15H2,1-2H3. The molecule has 110 valence electrons. The first-order chi connectivity index (χ1) is 9.61. The van der Waals surface area contributed by atoms with Crippen LogP contribution in [0.5, 0.6) is 5.75 Å². The number of carbonyl (C=O) groups is 1. The van der Waals surface area contributed by atoms with Gasteiger partial charge in [0.25, 0.3) is 5.91 Å². The summed E-state index contributed by atoms with van der Waals surface area (Å²) >= 11 is 0. The van der Waals surface area contributed by atoms with E-state index in [0.29, 0.717) is 23.6 Å². The molecule has 6 nitrogen and oxygen atoms in total. The lowest BCUT2D eigenvalue weighted by atomic mass is 10.1. The minimum absolute atomic E-state index is 0.254. The Labute approximate surface area is 118 Å². The van der Waals surface area contributed by atoms with E-state index in [-0.39, 0.29) is 12.2 Å². The van der Waals surface area contributed by atoms with Crippen molar-refractivity contribution in [2.24, 2.45) is 0 Å². The molecule has 1 aliphatic heterocycles. The third-order valence-electron chi connectivity index (χ3n) is 3.22. The van der Waals surface area contributed by atoms with E-state index in [2.05, 4.69) is 0 Å². The number of nitrogen functional groups attached to an aromatic ring is 1. The molecule has 2 rings (SSSR count). The number of amides is 1. The van der Waals surface area contributed by atoms with Gasteiger partial charge >= 0.3 is 0 Å². The van der Waals surface area contributed by atoms with Gasteiger partial charge in [-0.3, -0.25) is 9.63 Å². The molecule has 0 spiro atoms. The van der Waals surface area contributed by atoms with E-state index >= 15 is 0 Å². The highest BCUT2D eigenvalue weighted by atomic mass is 16.7. The van der Waals surface area contributed by atoms with Gasteiger partial charge in [0.05, 0.1) is 19.3 Å². The van der Waals surface area contributed by atoms with Gasteiger partial charge in [-0.05, 0) is 31.0 Å². The molecule has 1 aliphatic rings. The van der Waals surface area contributed by atoms with Crippen LogP contribution in [0.2, 0.25) is 0 Å². The fourth-order valence-electron chi connectivity index (χ4n) is 2.00. The minimum atomic E-state index is -0.319. The highest BCUT2D eigenvalue weighted by Crippen LogP contribution is 2.24. The summed E-state index contributed by atoms with van der Waals surface area (Å²) in [6.07, 6.45) is 2.74. The Balaban J connectivity index is 2.13. The summed E-state index contributed by atoms with van der Waals surface area (Å²) in [5, 5.41) is 1.12. The Hall–Kier alpha value is -1.79. The molecule has 0 aromatic heterocycles. The Bertz CT molecular complexity index is 472. The second-order valence-corrected chi connectivity index (χ2v) is 4.65. The lowest BCUT2D eigenvalue weighted by Crippen LogP contribution is -2.27. The van der Waals surface area contributed by atoms with Crippen LogP contribution in [0, 0.1) is 0 Å². The van der Waals surface area contributed by atoms with Crippen molar-refractivity contribution in [1.29, 1.82) is 0 Å². The third-order valence-corrected chi connectivity index (χ3v) is 3.22. The summed E-state index contributed by atoms with van der Waals surface area (Å²) in [6.45, 7) is 0.706. The smallest absolute Gasteiger partial charge is 0.279 e. The van der Waals surface area contributed by atoms with Crippen LogP contribution in [0.3, 0.4) is 0 Å². The first-order valence-corrected chi connectivity index (χ1v) is 6.61. The molecule has 0 saturated carbocycles. The zero-order valence-corrected chi connectivity index (χ0v) is 11.8. The van der Waals surface area contributed by atoms with Gasteiger partial charge in [0, 0.05) is 19.2 Å². The van der Waals surface area contributed by atoms with Crippen LogP contribution in [0.1, 0.15) is 29.6 Å². The first-order valence-electron chi connectivity index (χ1n) is 6.61. The van der Waals surface area contributed by atoms with Crippen LogP contribution >= 0.6 is 0 Å². The van der Waals surface area contributed by atoms with Crippen LogP contribution in [0.15, 0.2) is 18.2 Å². The number of nitrogens with zero attached hydrogens (tertiary/aromatic N) is 1. The topological polar surface area (TPSA) is 74.0 Å². The summed E-state index contributed by atoms with van der Waals surface area (Å²) in [5.41, 5.74) is 6.56. The van der Waals surface area contributed by atoms with Gasteiger partial charge in [0.1, 0.15) is 5.75 Å². The molecule has 20 heavy (non-hydrogen) atoms. The molecule has 1 saturated heterocycles. The summed E-state index contributed by atoms with van der Waals surface area (Å²) < 4.78 is 11.2. The van der Waals surface area contributed by atoms with E-state index < -0.39 is 0 Å². The normalized spacial score (nSPS) is 18.6. The van der Waals surface area contributed by atoms with Gasteiger partial charge in [0.2, 0.25) is 0 Å². The number of anilines is 1. The van der Waals surface area contributed by atoms with Gasteiger partial charge in [-0.1, -0.05) is 0 Å². The molecule has 1 amide bonds. The summed E-state index contributed by atoms with van der Waals surface area (Å²) in [6, 6.07) is 5.00. The van der Waals surface area contributed by atoms with Crippen molar-refractivity contribution in [2.75, 3.05) is 26.5 Å². The minimum Gasteiger partial charge on any atom is -0.465 e. The first kappa shape index (κ1) is 14.6. The Morgan fingerprint density at radius 2 is 2.25 bits per heavy atom. The van der Waals surface area contributed by atoms with Crippen molar-refractivity contribution < 1.29 is 19.1 Å². The maximum atomic E-state index is 12.1. The van der Waals surface area contributed by atoms with Gasteiger partial charge < -0.3 is 15.2 Å². The monoisotopic (exact) mass is 280 g/mol. The van der Waals surface area contributed by atoms with Crippen LogP contribution in [0.4, 0.5) is 5.69 Å². The molecular formula is C14H20N2O4. The van der Waals surface area contributed by atoms with Crippen LogP contribution in [0.25, 0.3) is 0 Å².